The second kappa shape index (κ2) is 4.04. The van der Waals surface area contributed by atoms with Crippen molar-refractivity contribution in [2.45, 2.75) is 53.0 Å². The first-order chi connectivity index (χ1) is 7.49. The second-order valence-electron chi connectivity index (χ2n) is 5.52. The molecule has 1 unspecified atom stereocenters. The molecular formula is C13H21N3. The highest BCUT2D eigenvalue weighted by Crippen LogP contribution is 2.38. The minimum absolute atomic E-state index is 0.373. The molecule has 1 aliphatic carbocycles. The number of aryl methyl sites for hydroxylation is 2. The number of nitrogens with one attached hydrogen (secondary N) is 1. The minimum Gasteiger partial charge on any atom is -0.365 e. The molecule has 88 valence electrons. The van der Waals surface area contributed by atoms with Crippen LogP contribution in [0.25, 0.3) is 0 Å². The Morgan fingerprint density at radius 3 is 2.75 bits per heavy atom. The summed E-state index contributed by atoms with van der Waals surface area (Å²) in [5, 5.41) is 3.57. The van der Waals surface area contributed by atoms with Crippen LogP contribution < -0.4 is 5.32 Å². The van der Waals surface area contributed by atoms with E-state index in [2.05, 4.69) is 29.1 Å². The van der Waals surface area contributed by atoms with E-state index in [1.807, 2.05) is 20.0 Å². The zero-order chi connectivity index (χ0) is 11.8. The van der Waals surface area contributed by atoms with Crippen molar-refractivity contribution < 1.29 is 0 Å². The summed E-state index contributed by atoms with van der Waals surface area (Å²) >= 11 is 0. The lowest BCUT2D eigenvalue weighted by Crippen LogP contribution is -2.31. The molecule has 16 heavy (non-hydrogen) atoms. The lowest BCUT2D eigenvalue weighted by atomic mass is 9.87. The van der Waals surface area contributed by atoms with Crippen LogP contribution in [0.1, 0.15) is 44.5 Å². The fourth-order valence-corrected chi connectivity index (χ4v) is 2.43. The lowest BCUT2D eigenvalue weighted by molar-refractivity contribution is 0.349. The van der Waals surface area contributed by atoms with Gasteiger partial charge in [0.25, 0.3) is 0 Å². The first-order valence-corrected chi connectivity index (χ1v) is 6.06. The Bertz CT molecular complexity index is 385. The van der Waals surface area contributed by atoms with Crippen LogP contribution in [0.5, 0.6) is 0 Å². The third kappa shape index (κ3) is 2.18. The Morgan fingerprint density at radius 1 is 1.38 bits per heavy atom. The largest absolute Gasteiger partial charge is 0.365 e. The van der Waals surface area contributed by atoms with Crippen molar-refractivity contribution in [3.63, 3.8) is 0 Å². The van der Waals surface area contributed by atoms with E-state index in [1.165, 1.54) is 19.3 Å². The standard InChI is InChI=1S/C13H21N3/c1-9-8-14-10(2)12(15-9)16-11-6-5-7-13(11,3)4/h8,11H,5-7H2,1-4H3,(H,15,16). The normalized spacial score (nSPS) is 23.4. The average Bonchev–Trinajstić information content (AvgIpc) is 2.52. The predicted molar refractivity (Wildman–Crippen MR) is 66.5 cm³/mol. The van der Waals surface area contributed by atoms with Gasteiger partial charge in [0.15, 0.2) is 0 Å². The maximum Gasteiger partial charge on any atom is 0.147 e. The molecule has 0 spiro atoms. The Morgan fingerprint density at radius 2 is 2.12 bits per heavy atom. The van der Waals surface area contributed by atoms with Gasteiger partial charge < -0.3 is 5.32 Å². The van der Waals surface area contributed by atoms with E-state index < -0.39 is 0 Å². The number of anilines is 1. The lowest BCUT2D eigenvalue weighted by Gasteiger charge is -2.28. The summed E-state index contributed by atoms with van der Waals surface area (Å²) in [7, 11) is 0. The van der Waals surface area contributed by atoms with E-state index in [4.69, 9.17) is 0 Å². The average molecular weight is 219 g/mol. The van der Waals surface area contributed by atoms with Gasteiger partial charge in [0.05, 0.1) is 11.4 Å². The minimum atomic E-state index is 0.373. The molecule has 1 N–H and O–H groups in total. The second-order valence-corrected chi connectivity index (χ2v) is 5.52. The van der Waals surface area contributed by atoms with Crippen molar-refractivity contribution in [3.05, 3.63) is 17.6 Å². The molecule has 1 aromatic rings. The molecule has 3 heteroatoms. The molecule has 1 heterocycles. The van der Waals surface area contributed by atoms with Gasteiger partial charge in [0.2, 0.25) is 0 Å². The summed E-state index contributed by atoms with van der Waals surface area (Å²) in [6, 6.07) is 0.530. The van der Waals surface area contributed by atoms with E-state index in [0.717, 1.165) is 17.2 Å². The summed E-state index contributed by atoms with van der Waals surface area (Å²) in [4.78, 5) is 8.87. The van der Waals surface area contributed by atoms with Crippen LogP contribution in [-0.2, 0) is 0 Å². The van der Waals surface area contributed by atoms with Crippen molar-refractivity contribution in [1.82, 2.24) is 9.97 Å². The van der Waals surface area contributed by atoms with Gasteiger partial charge in [-0.2, -0.15) is 0 Å². The van der Waals surface area contributed by atoms with Crippen LogP contribution in [0.3, 0.4) is 0 Å². The zero-order valence-electron chi connectivity index (χ0n) is 10.7. The fourth-order valence-electron chi connectivity index (χ4n) is 2.43. The van der Waals surface area contributed by atoms with Gasteiger partial charge in [-0.05, 0) is 32.1 Å². The highest BCUT2D eigenvalue weighted by Gasteiger charge is 2.34. The molecule has 1 saturated carbocycles. The van der Waals surface area contributed by atoms with Crippen LogP contribution in [0.15, 0.2) is 6.20 Å². The quantitative estimate of drug-likeness (QED) is 0.830. The Balaban J connectivity index is 2.17. The fraction of sp³-hybridized carbons (Fsp3) is 0.692. The first kappa shape index (κ1) is 11.4. The van der Waals surface area contributed by atoms with E-state index >= 15 is 0 Å². The third-order valence-electron chi connectivity index (χ3n) is 3.64. The highest BCUT2D eigenvalue weighted by atomic mass is 15.1. The van der Waals surface area contributed by atoms with Gasteiger partial charge in [-0.3, -0.25) is 4.98 Å². The van der Waals surface area contributed by atoms with Crippen LogP contribution in [-0.4, -0.2) is 16.0 Å². The van der Waals surface area contributed by atoms with Gasteiger partial charge in [-0.25, -0.2) is 4.98 Å². The number of hydrogen-bond donors (Lipinski definition) is 1. The van der Waals surface area contributed by atoms with Crippen molar-refractivity contribution >= 4 is 5.82 Å². The maximum absolute atomic E-state index is 4.53. The van der Waals surface area contributed by atoms with E-state index in [-0.39, 0.29) is 0 Å². The first-order valence-electron chi connectivity index (χ1n) is 6.06. The molecule has 1 fully saturated rings. The molecule has 1 atom stereocenters. The molecule has 1 aliphatic rings. The number of nitrogens with zero attached hydrogens (tertiary/aromatic N) is 2. The molecule has 0 amide bonds. The van der Waals surface area contributed by atoms with Crippen LogP contribution in [0.4, 0.5) is 5.82 Å². The van der Waals surface area contributed by atoms with Crippen molar-refractivity contribution in [3.8, 4) is 0 Å². The van der Waals surface area contributed by atoms with Gasteiger partial charge in [-0.15, -0.1) is 0 Å². The molecule has 0 radical (unpaired) electrons. The smallest absolute Gasteiger partial charge is 0.147 e. The summed E-state index contributed by atoms with van der Waals surface area (Å²) in [5.74, 6) is 0.958. The van der Waals surface area contributed by atoms with E-state index in [9.17, 15) is 0 Å². The van der Waals surface area contributed by atoms with Crippen LogP contribution in [0.2, 0.25) is 0 Å². The maximum atomic E-state index is 4.53. The molecule has 3 nitrogen and oxygen atoms in total. The number of aromatic nitrogens is 2. The van der Waals surface area contributed by atoms with E-state index in [0.29, 0.717) is 11.5 Å². The molecule has 0 aliphatic heterocycles. The number of rotatable bonds is 2. The van der Waals surface area contributed by atoms with Gasteiger partial charge in [-0.1, -0.05) is 20.3 Å². The third-order valence-corrected chi connectivity index (χ3v) is 3.64. The van der Waals surface area contributed by atoms with E-state index in [1.54, 1.807) is 0 Å². The summed E-state index contributed by atoms with van der Waals surface area (Å²) in [5.41, 5.74) is 2.34. The molecule has 0 bridgehead atoms. The summed E-state index contributed by atoms with van der Waals surface area (Å²) in [6.07, 6.45) is 5.66. The predicted octanol–water partition coefficient (Wildman–Crippen LogP) is 3.08. The Kier molecular flexibility index (Phi) is 2.87. The molecule has 0 aromatic carbocycles. The van der Waals surface area contributed by atoms with Gasteiger partial charge in [0.1, 0.15) is 5.82 Å². The zero-order valence-corrected chi connectivity index (χ0v) is 10.7. The number of hydrogen-bond acceptors (Lipinski definition) is 3. The van der Waals surface area contributed by atoms with Crippen molar-refractivity contribution in [2.75, 3.05) is 5.32 Å². The Labute approximate surface area is 97.7 Å². The van der Waals surface area contributed by atoms with Crippen LogP contribution in [0, 0.1) is 19.3 Å². The Hall–Kier alpha value is -1.12. The van der Waals surface area contributed by atoms with Gasteiger partial charge >= 0.3 is 0 Å². The van der Waals surface area contributed by atoms with Crippen LogP contribution >= 0.6 is 0 Å². The molecular weight excluding hydrogens is 198 g/mol. The van der Waals surface area contributed by atoms with Gasteiger partial charge in [0, 0.05) is 12.2 Å². The molecule has 1 aromatic heterocycles. The van der Waals surface area contributed by atoms with Crippen molar-refractivity contribution in [1.29, 1.82) is 0 Å². The molecule has 0 saturated heterocycles. The topological polar surface area (TPSA) is 37.8 Å². The van der Waals surface area contributed by atoms with Crippen molar-refractivity contribution in [2.24, 2.45) is 5.41 Å². The summed E-state index contributed by atoms with van der Waals surface area (Å²) < 4.78 is 0. The molecule has 2 rings (SSSR count). The monoisotopic (exact) mass is 219 g/mol. The highest BCUT2D eigenvalue weighted by molar-refractivity contribution is 5.41. The summed E-state index contributed by atoms with van der Waals surface area (Å²) in [6.45, 7) is 8.65. The SMILES string of the molecule is Cc1cnc(C)c(NC2CCCC2(C)C)n1.